The summed E-state index contributed by atoms with van der Waals surface area (Å²) >= 11 is 1.81. The van der Waals surface area contributed by atoms with E-state index in [0.29, 0.717) is 6.04 Å². The lowest BCUT2D eigenvalue weighted by atomic mass is 10.2. The van der Waals surface area contributed by atoms with Crippen LogP contribution in [0.4, 0.5) is 0 Å². The number of nitrogens with one attached hydrogen (secondary N) is 1. The van der Waals surface area contributed by atoms with E-state index in [1.54, 1.807) is 0 Å². The van der Waals surface area contributed by atoms with Gasteiger partial charge in [-0.25, -0.2) is 0 Å². The minimum Gasteiger partial charge on any atom is -0.311 e. The van der Waals surface area contributed by atoms with E-state index in [0.717, 1.165) is 13.1 Å². The van der Waals surface area contributed by atoms with Gasteiger partial charge in [-0.15, -0.1) is 17.9 Å². The molecule has 0 saturated carbocycles. The fourth-order valence-corrected chi connectivity index (χ4v) is 2.26. The van der Waals surface area contributed by atoms with Crippen LogP contribution in [0.25, 0.3) is 0 Å². The van der Waals surface area contributed by atoms with E-state index in [1.807, 2.05) is 17.4 Å². The third kappa shape index (κ3) is 3.25. The molecular formula is C11H18N2S. The third-order valence-electron chi connectivity index (χ3n) is 2.12. The first-order valence-corrected chi connectivity index (χ1v) is 5.65. The fourth-order valence-electron chi connectivity index (χ4n) is 1.34. The van der Waals surface area contributed by atoms with Crippen LogP contribution < -0.4 is 5.32 Å². The zero-order valence-electron chi connectivity index (χ0n) is 8.86. The molecule has 0 saturated heterocycles. The Morgan fingerprint density at radius 2 is 2.43 bits per heavy atom. The third-order valence-corrected chi connectivity index (χ3v) is 3.09. The molecule has 0 bridgehead atoms. The first-order chi connectivity index (χ1) is 6.75. The van der Waals surface area contributed by atoms with E-state index in [2.05, 4.69) is 48.4 Å². The molecular weight excluding hydrogens is 192 g/mol. The molecule has 1 aromatic heterocycles. The lowest BCUT2D eigenvalue weighted by Gasteiger charge is -2.23. The minimum atomic E-state index is 0.468. The van der Waals surface area contributed by atoms with Crippen LogP contribution in [0, 0.1) is 0 Å². The summed E-state index contributed by atoms with van der Waals surface area (Å²) in [7, 11) is 4.22. The molecule has 1 heterocycles. The Hall–Kier alpha value is -0.640. The molecule has 78 valence electrons. The SMILES string of the molecule is C=CCNCC(c1cccs1)N(C)C. The molecule has 0 radical (unpaired) electrons. The van der Waals surface area contributed by atoms with Crippen LogP contribution in [0.5, 0.6) is 0 Å². The summed E-state index contributed by atoms with van der Waals surface area (Å²) < 4.78 is 0. The highest BCUT2D eigenvalue weighted by atomic mass is 32.1. The van der Waals surface area contributed by atoms with E-state index >= 15 is 0 Å². The van der Waals surface area contributed by atoms with E-state index in [-0.39, 0.29) is 0 Å². The molecule has 1 N–H and O–H groups in total. The summed E-state index contributed by atoms with van der Waals surface area (Å²) in [5.41, 5.74) is 0. The lowest BCUT2D eigenvalue weighted by Crippen LogP contribution is -2.30. The second-order valence-electron chi connectivity index (χ2n) is 3.44. The predicted octanol–water partition coefficient (Wildman–Crippen LogP) is 2.13. The van der Waals surface area contributed by atoms with Crippen molar-refractivity contribution in [2.45, 2.75) is 6.04 Å². The van der Waals surface area contributed by atoms with Crippen molar-refractivity contribution in [2.75, 3.05) is 27.2 Å². The van der Waals surface area contributed by atoms with Gasteiger partial charge in [0.25, 0.3) is 0 Å². The van der Waals surface area contributed by atoms with Gasteiger partial charge in [0.2, 0.25) is 0 Å². The molecule has 0 fully saturated rings. The van der Waals surface area contributed by atoms with Crippen LogP contribution in [0.1, 0.15) is 10.9 Å². The van der Waals surface area contributed by atoms with Crippen LogP contribution in [0.15, 0.2) is 30.2 Å². The minimum absolute atomic E-state index is 0.468. The molecule has 1 rings (SSSR count). The summed E-state index contributed by atoms with van der Waals surface area (Å²) in [6.45, 7) is 5.53. The zero-order valence-corrected chi connectivity index (χ0v) is 9.68. The fraction of sp³-hybridized carbons (Fsp3) is 0.455. The molecule has 1 aromatic rings. The van der Waals surface area contributed by atoms with Gasteiger partial charge in [-0.3, -0.25) is 0 Å². The van der Waals surface area contributed by atoms with Gasteiger partial charge in [-0.05, 0) is 25.5 Å². The van der Waals surface area contributed by atoms with E-state index in [1.165, 1.54) is 4.88 Å². The molecule has 1 unspecified atom stereocenters. The van der Waals surface area contributed by atoms with Gasteiger partial charge in [0.15, 0.2) is 0 Å². The van der Waals surface area contributed by atoms with E-state index < -0.39 is 0 Å². The van der Waals surface area contributed by atoms with Crippen molar-refractivity contribution in [3.05, 3.63) is 35.0 Å². The molecule has 1 atom stereocenters. The lowest BCUT2D eigenvalue weighted by molar-refractivity contribution is 0.295. The van der Waals surface area contributed by atoms with Crippen LogP contribution in [0.3, 0.4) is 0 Å². The highest BCUT2D eigenvalue weighted by Gasteiger charge is 2.13. The van der Waals surface area contributed by atoms with Crippen molar-refractivity contribution in [1.82, 2.24) is 10.2 Å². The van der Waals surface area contributed by atoms with Crippen molar-refractivity contribution >= 4 is 11.3 Å². The van der Waals surface area contributed by atoms with Gasteiger partial charge in [0, 0.05) is 18.0 Å². The molecule has 0 spiro atoms. The summed E-state index contributed by atoms with van der Waals surface area (Å²) in [5.74, 6) is 0. The predicted molar refractivity (Wildman–Crippen MR) is 63.8 cm³/mol. The van der Waals surface area contributed by atoms with Crippen molar-refractivity contribution in [2.24, 2.45) is 0 Å². The van der Waals surface area contributed by atoms with Gasteiger partial charge >= 0.3 is 0 Å². The molecule has 0 amide bonds. The van der Waals surface area contributed by atoms with Gasteiger partial charge in [-0.1, -0.05) is 12.1 Å². The molecule has 3 heteroatoms. The average Bonchev–Trinajstić information content (AvgIpc) is 2.64. The van der Waals surface area contributed by atoms with E-state index in [9.17, 15) is 0 Å². The Labute approximate surface area is 90.2 Å². The number of rotatable bonds is 6. The Bertz CT molecular complexity index is 254. The van der Waals surface area contributed by atoms with Crippen LogP contribution >= 0.6 is 11.3 Å². The van der Waals surface area contributed by atoms with Gasteiger partial charge in [-0.2, -0.15) is 0 Å². The molecule has 0 aliphatic heterocycles. The summed E-state index contributed by atoms with van der Waals surface area (Å²) in [6, 6.07) is 4.75. The van der Waals surface area contributed by atoms with Crippen molar-refractivity contribution in [1.29, 1.82) is 0 Å². The Morgan fingerprint density at radius 3 is 2.93 bits per heavy atom. The van der Waals surface area contributed by atoms with E-state index in [4.69, 9.17) is 0 Å². The van der Waals surface area contributed by atoms with Crippen molar-refractivity contribution in [3.63, 3.8) is 0 Å². The van der Waals surface area contributed by atoms with Gasteiger partial charge in [0.1, 0.15) is 0 Å². The largest absolute Gasteiger partial charge is 0.311 e. The smallest absolute Gasteiger partial charge is 0.0561 e. The Morgan fingerprint density at radius 1 is 1.64 bits per heavy atom. The van der Waals surface area contributed by atoms with Gasteiger partial charge in [0.05, 0.1) is 6.04 Å². The monoisotopic (exact) mass is 210 g/mol. The normalized spacial score (nSPS) is 13.1. The number of likely N-dealkylation sites (N-methyl/N-ethyl adjacent to an activating group) is 1. The standard InChI is InChI=1S/C11H18N2S/c1-4-7-12-9-10(13(2)3)11-6-5-8-14-11/h4-6,8,10,12H,1,7,9H2,2-3H3. The van der Waals surface area contributed by atoms with Gasteiger partial charge < -0.3 is 10.2 Å². The number of nitrogens with zero attached hydrogens (tertiary/aromatic N) is 1. The molecule has 14 heavy (non-hydrogen) atoms. The van der Waals surface area contributed by atoms with Crippen molar-refractivity contribution in [3.8, 4) is 0 Å². The maximum absolute atomic E-state index is 3.69. The number of thiophene rings is 1. The van der Waals surface area contributed by atoms with Crippen LogP contribution in [0.2, 0.25) is 0 Å². The summed E-state index contributed by atoms with van der Waals surface area (Å²) in [5, 5.41) is 5.48. The van der Waals surface area contributed by atoms with Crippen LogP contribution in [-0.2, 0) is 0 Å². The quantitative estimate of drug-likeness (QED) is 0.571. The van der Waals surface area contributed by atoms with Crippen LogP contribution in [-0.4, -0.2) is 32.1 Å². The maximum Gasteiger partial charge on any atom is 0.0561 e. The highest BCUT2D eigenvalue weighted by molar-refractivity contribution is 7.10. The Kier molecular flexibility index (Phi) is 4.87. The zero-order chi connectivity index (χ0) is 10.4. The highest BCUT2D eigenvalue weighted by Crippen LogP contribution is 2.22. The first kappa shape index (κ1) is 11.4. The maximum atomic E-state index is 3.69. The summed E-state index contributed by atoms with van der Waals surface area (Å²) in [4.78, 5) is 3.65. The first-order valence-electron chi connectivity index (χ1n) is 4.77. The molecule has 0 aromatic carbocycles. The topological polar surface area (TPSA) is 15.3 Å². The van der Waals surface area contributed by atoms with Crippen molar-refractivity contribution < 1.29 is 0 Å². The second-order valence-corrected chi connectivity index (χ2v) is 4.42. The Balaban J connectivity index is 2.52. The number of hydrogen-bond acceptors (Lipinski definition) is 3. The number of hydrogen-bond donors (Lipinski definition) is 1. The molecule has 0 aliphatic rings. The summed E-state index contributed by atoms with van der Waals surface area (Å²) in [6.07, 6.45) is 1.89. The second kappa shape index (κ2) is 5.96. The molecule has 2 nitrogen and oxygen atoms in total. The molecule has 0 aliphatic carbocycles. The average molecular weight is 210 g/mol.